The minimum absolute atomic E-state index is 0. The van der Waals surface area contributed by atoms with E-state index < -0.39 is 5.97 Å². The molecule has 0 bridgehead atoms. The van der Waals surface area contributed by atoms with E-state index in [0.717, 1.165) is 12.5 Å². The third kappa shape index (κ3) is 65.2. The molecule has 0 heterocycles. The first-order valence-corrected chi connectivity index (χ1v) is 12.6. The summed E-state index contributed by atoms with van der Waals surface area (Å²) in [6.45, 7) is 2.27. The van der Waals surface area contributed by atoms with E-state index in [2.05, 4.69) is 55.3 Å². The monoisotopic (exact) mass is 530 g/mol. The number of carboxylic acid groups (broad SMARTS) is 1. The highest BCUT2D eigenvalue weighted by molar-refractivity contribution is 5.77. The van der Waals surface area contributed by atoms with Crippen LogP contribution in [0, 0.1) is 0 Å². The minimum atomic E-state index is -1.17. The van der Waals surface area contributed by atoms with Crippen LogP contribution in [0.5, 0.6) is 0 Å². The summed E-state index contributed by atoms with van der Waals surface area (Å²) in [5.41, 5.74) is 0. The second-order valence-electron chi connectivity index (χ2n) is 9.20. The number of halogens is 1. The van der Waals surface area contributed by atoms with E-state index in [1.807, 2.05) is 18.2 Å². The summed E-state index contributed by atoms with van der Waals surface area (Å²) in [7, 11) is 12.5. The molecule has 0 radical (unpaired) electrons. The van der Waals surface area contributed by atoms with E-state index in [9.17, 15) is 9.90 Å². The van der Waals surface area contributed by atoms with Crippen molar-refractivity contribution in [1.29, 1.82) is 0 Å². The fourth-order valence-corrected chi connectivity index (χ4v) is 2.49. The number of aliphatic carboxylic acids is 1. The molecule has 0 fully saturated rings. The number of quaternary nitrogens is 2. The molecule has 0 aromatic heterocycles. The Morgan fingerprint density at radius 3 is 1.33 bits per heavy atom. The molecule has 0 spiro atoms. The largest absolute Gasteiger partial charge is 1.00 e. The van der Waals surface area contributed by atoms with Crippen molar-refractivity contribution < 1.29 is 36.7 Å². The first kappa shape index (κ1) is 39.1. The number of allylic oxidation sites excluding steroid dienone is 7. The van der Waals surface area contributed by atoms with Crippen LogP contribution in [-0.2, 0) is 4.79 Å². The van der Waals surface area contributed by atoms with E-state index in [1.165, 1.54) is 86.5 Å². The van der Waals surface area contributed by atoms with Crippen LogP contribution < -0.4 is 31.9 Å². The lowest BCUT2D eigenvalue weighted by molar-refractivity contribution is -0.836. The summed E-state index contributed by atoms with van der Waals surface area (Å²) >= 11 is 0. The van der Waals surface area contributed by atoms with E-state index in [0.29, 0.717) is 0 Å². The van der Waals surface area contributed by atoms with Crippen molar-refractivity contribution in [2.75, 3.05) is 42.3 Å². The molecule has 0 unspecified atom stereocenters. The van der Waals surface area contributed by atoms with Crippen LogP contribution in [0.2, 0.25) is 0 Å². The highest BCUT2D eigenvalue weighted by Crippen LogP contribution is 2.11. The van der Waals surface area contributed by atoms with Gasteiger partial charge in [0.05, 0.1) is 48.3 Å². The van der Waals surface area contributed by atoms with Gasteiger partial charge in [0.25, 0.3) is 0 Å². The van der Waals surface area contributed by atoms with E-state index >= 15 is 0 Å². The van der Waals surface area contributed by atoms with Gasteiger partial charge in [0, 0.05) is 0 Å². The fraction of sp³-hybridized carbons (Fsp3) is 0.679. The second kappa shape index (κ2) is 35.4. The summed E-state index contributed by atoms with van der Waals surface area (Å²) in [6.07, 6.45) is 30.3. The molecule has 0 aromatic rings. The van der Waals surface area contributed by atoms with Gasteiger partial charge < -0.3 is 36.7 Å². The molecule has 196 valence electrons. The SMILES string of the molecule is CCCCCCCCCCCCCC=CC=CC=CC=CC(=O)[O-].C[NH+](C)C.C[NH+](C)C.[Br-]. The van der Waals surface area contributed by atoms with Crippen molar-refractivity contribution in [2.45, 2.75) is 84.0 Å². The predicted octanol–water partition coefficient (Wildman–Crippen LogP) is 0.188. The molecular formula is C28H55BrN2O2. The molecule has 0 saturated carbocycles. The maximum atomic E-state index is 10.1. The summed E-state index contributed by atoms with van der Waals surface area (Å²) in [5, 5.41) is 10.1. The second-order valence-corrected chi connectivity index (χ2v) is 9.20. The highest BCUT2D eigenvalue weighted by Gasteiger charge is 1.92. The maximum absolute atomic E-state index is 10.1. The van der Waals surface area contributed by atoms with Crippen LogP contribution in [0.25, 0.3) is 0 Å². The minimum Gasteiger partial charge on any atom is -1.00 e. The van der Waals surface area contributed by atoms with Crippen LogP contribution in [0.4, 0.5) is 0 Å². The van der Waals surface area contributed by atoms with Crippen molar-refractivity contribution >= 4 is 5.97 Å². The Morgan fingerprint density at radius 1 is 0.606 bits per heavy atom. The quantitative estimate of drug-likeness (QED) is 0.170. The predicted molar refractivity (Wildman–Crippen MR) is 140 cm³/mol. The van der Waals surface area contributed by atoms with E-state index in [-0.39, 0.29) is 17.0 Å². The number of unbranched alkanes of at least 4 members (excludes halogenated alkanes) is 11. The average molecular weight is 532 g/mol. The number of hydrogen-bond donors (Lipinski definition) is 2. The average Bonchev–Trinajstić information content (AvgIpc) is 2.68. The summed E-state index contributed by atoms with van der Waals surface area (Å²) in [5.74, 6) is -1.17. The zero-order valence-electron chi connectivity index (χ0n) is 22.8. The van der Waals surface area contributed by atoms with Gasteiger partial charge in [-0.1, -0.05) is 114 Å². The van der Waals surface area contributed by atoms with Crippen molar-refractivity contribution in [3.8, 4) is 0 Å². The summed E-state index contributed by atoms with van der Waals surface area (Å²) < 4.78 is 0. The van der Waals surface area contributed by atoms with Gasteiger partial charge in [-0.05, 0) is 18.9 Å². The Balaban J connectivity index is -0.000000401. The summed E-state index contributed by atoms with van der Waals surface area (Å²) in [4.78, 5) is 13.0. The molecule has 0 atom stereocenters. The van der Waals surface area contributed by atoms with Crippen LogP contribution in [-0.4, -0.2) is 48.3 Å². The molecule has 2 N–H and O–H groups in total. The normalized spacial score (nSPS) is 11.2. The van der Waals surface area contributed by atoms with Crippen LogP contribution in [0.3, 0.4) is 0 Å². The zero-order valence-corrected chi connectivity index (χ0v) is 24.4. The van der Waals surface area contributed by atoms with E-state index in [4.69, 9.17) is 0 Å². The molecule has 0 amide bonds. The topological polar surface area (TPSA) is 49.0 Å². The third-order valence-electron chi connectivity index (χ3n) is 3.90. The molecule has 33 heavy (non-hydrogen) atoms. The third-order valence-corrected chi connectivity index (χ3v) is 3.90. The van der Waals surface area contributed by atoms with Gasteiger partial charge in [-0.2, -0.15) is 0 Å². The Labute approximate surface area is 217 Å². The smallest absolute Gasteiger partial charge is 0.0661 e. The number of carboxylic acids is 1. The molecule has 4 nitrogen and oxygen atoms in total. The lowest BCUT2D eigenvalue weighted by Crippen LogP contribution is -3.02. The first-order chi connectivity index (χ1) is 15.2. The first-order valence-electron chi connectivity index (χ1n) is 12.6. The molecule has 0 saturated heterocycles. The summed E-state index contributed by atoms with van der Waals surface area (Å²) in [6, 6.07) is 0. The van der Waals surface area contributed by atoms with Gasteiger partial charge in [-0.15, -0.1) is 0 Å². The molecule has 0 aliphatic heterocycles. The standard InChI is InChI=1S/C22H36O2.2C3H9N.BrH/c1-2-3-4-5-6-7-8-9-10-11-12-13-14-15-16-17-18-19-20-21-22(23)24;2*1-4(2)3;/h14-21H,2-13H2,1H3,(H,23,24);2*1-3H3;1H. The molecule has 0 aliphatic carbocycles. The Morgan fingerprint density at radius 2 is 0.939 bits per heavy atom. The van der Waals surface area contributed by atoms with Crippen LogP contribution in [0.1, 0.15) is 84.0 Å². The van der Waals surface area contributed by atoms with Crippen molar-refractivity contribution in [3.05, 3.63) is 48.6 Å². The van der Waals surface area contributed by atoms with E-state index in [1.54, 1.807) is 12.2 Å². The van der Waals surface area contributed by atoms with Crippen molar-refractivity contribution in [2.24, 2.45) is 0 Å². The molecule has 0 rings (SSSR count). The van der Waals surface area contributed by atoms with Crippen LogP contribution in [0.15, 0.2) is 48.6 Å². The number of hydrogen-bond acceptors (Lipinski definition) is 2. The van der Waals surface area contributed by atoms with Gasteiger partial charge in [0.1, 0.15) is 0 Å². The van der Waals surface area contributed by atoms with Gasteiger partial charge in [-0.3, -0.25) is 0 Å². The maximum Gasteiger partial charge on any atom is 0.0661 e. The van der Waals surface area contributed by atoms with Crippen molar-refractivity contribution in [3.63, 3.8) is 0 Å². The van der Waals surface area contributed by atoms with Gasteiger partial charge in [-0.25, -0.2) is 0 Å². The van der Waals surface area contributed by atoms with Crippen molar-refractivity contribution in [1.82, 2.24) is 0 Å². The van der Waals surface area contributed by atoms with Gasteiger partial charge >= 0.3 is 0 Å². The number of carbonyl (C=O) groups is 1. The molecular weight excluding hydrogens is 476 g/mol. The highest BCUT2D eigenvalue weighted by atomic mass is 79.9. The number of rotatable bonds is 16. The van der Waals surface area contributed by atoms with Gasteiger partial charge in [0.15, 0.2) is 0 Å². The number of carbonyl (C=O) groups excluding carboxylic acids is 1. The Kier molecular flexibility index (Phi) is 41.9. The van der Waals surface area contributed by atoms with Crippen LogP contribution >= 0.6 is 0 Å². The Hall–Kier alpha value is -1.17. The molecule has 0 aliphatic rings. The zero-order chi connectivity index (χ0) is 24.9. The lowest BCUT2D eigenvalue weighted by atomic mass is 10.1. The Bertz CT molecular complexity index is 473. The lowest BCUT2D eigenvalue weighted by Gasteiger charge is -2.01. The van der Waals surface area contributed by atoms with Gasteiger partial charge in [0.2, 0.25) is 0 Å². The molecule has 5 heteroatoms. The molecule has 0 aromatic carbocycles. The fourth-order valence-electron chi connectivity index (χ4n) is 2.49. The number of nitrogens with one attached hydrogen (secondary N) is 2.